The van der Waals surface area contributed by atoms with E-state index < -0.39 is 0 Å². The van der Waals surface area contributed by atoms with E-state index in [4.69, 9.17) is 0 Å². The van der Waals surface area contributed by atoms with Crippen molar-refractivity contribution in [3.8, 4) is 0 Å². The van der Waals surface area contributed by atoms with Gasteiger partial charge in [-0.05, 0) is 5.92 Å². The van der Waals surface area contributed by atoms with Crippen LogP contribution >= 0.6 is 0 Å². The van der Waals surface area contributed by atoms with E-state index in [1.54, 1.807) is 12.5 Å². The van der Waals surface area contributed by atoms with E-state index in [1.165, 1.54) is 0 Å². The molecule has 0 spiro atoms. The Labute approximate surface area is 61.4 Å². The van der Waals surface area contributed by atoms with Crippen LogP contribution in [0.5, 0.6) is 0 Å². The Hall–Kier alpha value is -0.990. The summed E-state index contributed by atoms with van der Waals surface area (Å²) in [5, 5.41) is 2.01. The zero-order valence-corrected chi connectivity index (χ0v) is 6.41. The molecule has 0 radical (unpaired) electrons. The maximum Gasteiger partial charge on any atom is 0.107 e. The number of nitrogens with one attached hydrogen (secondary N) is 1. The third-order valence-corrected chi connectivity index (χ3v) is 1.19. The first-order chi connectivity index (χ1) is 4.79. The quantitative estimate of drug-likeness (QED) is 0.617. The number of nitrogens with zero attached hydrogens (tertiary/aromatic N) is 2. The Bertz CT molecular complexity index is 149. The van der Waals surface area contributed by atoms with Crippen LogP contribution in [0.25, 0.3) is 0 Å². The fourth-order valence-corrected chi connectivity index (χ4v) is 0.819. The SMILES string of the molecule is CC(C)CN1C=CN=CN1. The second-order valence-corrected chi connectivity index (χ2v) is 2.75. The lowest BCUT2D eigenvalue weighted by Gasteiger charge is -2.22. The summed E-state index contributed by atoms with van der Waals surface area (Å²) in [6.45, 7) is 5.38. The minimum atomic E-state index is 0.670. The van der Waals surface area contributed by atoms with Crippen molar-refractivity contribution in [2.45, 2.75) is 13.8 Å². The first-order valence-corrected chi connectivity index (χ1v) is 3.50. The Morgan fingerprint density at radius 2 is 2.40 bits per heavy atom. The van der Waals surface area contributed by atoms with Crippen molar-refractivity contribution in [2.75, 3.05) is 6.54 Å². The minimum absolute atomic E-state index is 0.670. The van der Waals surface area contributed by atoms with Crippen LogP contribution < -0.4 is 5.43 Å². The molecule has 0 unspecified atom stereocenters. The maximum absolute atomic E-state index is 3.88. The topological polar surface area (TPSA) is 27.6 Å². The molecule has 0 saturated heterocycles. The summed E-state index contributed by atoms with van der Waals surface area (Å²) in [6, 6.07) is 0. The van der Waals surface area contributed by atoms with Crippen molar-refractivity contribution < 1.29 is 0 Å². The highest BCUT2D eigenvalue weighted by Gasteiger charge is 2.00. The van der Waals surface area contributed by atoms with Gasteiger partial charge < -0.3 is 0 Å². The average molecular weight is 139 g/mol. The lowest BCUT2D eigenvalue weighted by atomic mass is 10.2. The molecule has 1 rings (SSSR count). The van der Waals surface area contributed by atoms with Crippen LogP contribution in [0.1, 0.15) is 13.8 Å². The van der Waals surface area contributed by atoms with Crippen molar-refractivity contribution in [1.29, 1.82) is 0 Å². The minimum Gasteiger partial charge on any atom is -0.293 e. The monoisotopic (exact) mass is 139 g/mol. The predicted molar refractivity (Wildman–Crippen MR) is 42.3 cm³/mol. The van der Waals surface area contributed by atoms with Crippen LogP contribution in [0.4, 0.5) is 0 Å². The van der Waals surface area contributed by atoms with Crippen LogP contribution in [0, 0.1) is 5.92 Å². The molecule has 0 aliphatic carbocycles. The molecule has 0 bridgehead atoms. The highest BCUT2D eigenvalue weighted by atomic mass is 15.5. The van der Waals surface area contributed by atoms with Gasteiger partial charge in [0, 0.05) is 18.9 Å². The fourth-order valence-electron chi connectivity index (χ4n) is 0.819. The smallest absolute Gasteiger partial charge is 0.107 e. The normalized spacial score (nSPS) is 16.1. The number of aliphatic imine (C=N–C) groups is 1. The molecule has 0 saturated carbocycles. The van der Waals surface area contributed by atoms with Crippen molar-refractivity contribution in [1.82, 2.24) is 10.4 Å². The molecule has 0 fully saturated rings. The molecule has 1 heterocycles. The van der Waals surface area contributed by atoms with Gasteiger partial charge in [0.05, 0.1) is 0 Å². The molecule has 1 N–H and O–H groups in total. The third kappa shape index (κ3) is 2.09. The van der Waals surface area contributed by atoms with Crippen LogP contribution in [0.2, 0.25) is 0 Å². The van der Waals surface area contributed by atoms with E-state index in [0.29, 0.717) is 5.92 Å². The van der Waals surface area contributed by atoms with Gasteiger partial charge in [0.25, 0.3) is 0 Å². The Morgan fingerprint density at radius 1 is 1.60 bits per heavy atom. The summed E-state index contributed by atoms with van der Waals surface area (Å²) in [5.41, 5.74) is 3.01. The van der Waals surface area contributed by atoms with E-state index in [0.717, 1.165) is 6.54 Å². The van der Waals surface area contributed by atoms with Crippen LogP contribution in [0.3, 0.4) is 0 Å². The van der Waals surface area contributed by atoms with Gasteiger partial charge in [-0.15, -0.1) is 0 Å². The molecule has 0 atom stereocenters. The van der Waals surface area contributed by atoms with Gasteiger partial charge in [0.2, 0.25) is 0 Å². The highest BCUT2D eigenvalue weighted by Crippen LogP contribution is 1.97. The van der Waals surface area contributed by atoms with E-state index >= 15 is 0 Å². The second kappa shape index (κ2) is 3.25. The van der Waals surface area contributed by atoms with E-state index in [-0.39, 0.29) is 0 Å². The molecular formula is C7H13N3. The lowest BCUT2D eigenvalue weighted by molar-refractivity contribution is 0.293. The molecule has 0 amide bonds. The standard InChI is InChI=1S/C7H13N3/c1-7(2)5-10-4-3-8-6-9-10/h3-4,6-7H,5H2,1-2H3,(H,8,9). The van der Waals surface area contributed by atoms with Gasteiger partial charge in [0.1, 0.15) is 6.34 Å². The van der Waals surface area contributed by atoms with Crippen molar-refractivity contribution in [2.24, 2.45) is 10.9 Å². The second-order valence-electron chi connectivity index (χ2n) is 2.75. The van der Waals surface area contributed by atoms with Crippen molar-refractivity contribution >= 4 is 6.34 Å². The zero-order valence-electron chi connectivity index (χ0n) is 6.41. The van der Waals surface area contributed by atoms with Crippen molar-refractivity contribution in [3.05, 3.63) is 12.4 Å². The van der Waals surface area contributed by atoms with Gasteiger partial charge in [-0.3, -0.25) is 10.4 Å². The van der Waals surface area contributed by atoms with E-state index in [9.17, 15) is 0 Å². The molecule has 0 aromatic carbocycles. The van der Waals surface area contributed by atoms with Gasteiger partial charge in [-0.1, -0.05) is 13.8 Å². The third-order valence-electron chi connectivity index (χ3n) is 1.19. The number of rotatable bonds is 2. The maximum atomic E-state index is 3.88. The van der Waals surface area contributed by atoms with E-state index in [2.05, 4.69) is 24.3 Å². The highest BCUT2D eigenvalue weighted by molar-refractivity contribution is 5.55. The van der Waals surface area contributed by atoms with Crippen molar-refractivity contribution in [3.63, 3.8) is 0 Å². The average Bonchev–Trinajstić information content (AvgIpc) is 1.88. The molecule has 1 aliphatic heterocycles. The summed E-state index contributed by atoms with van der Waals surface area (Å²) in [7, 11) is 0. The summed E-state index contributed by atoms with van der Waals surface area (Å²) >= 11 is 0. The molecule has 0 aromatic rings. The van der Waals surface area contributed by atoms with Gasteiger partial charge >= 0.3 is 0 Å². The number of hydrogen-bond acceptors (Lipinski definition) is 3. The molecule has 3 heteroatoms. The predicted octanol–water partition coefficient (Wildman–Crippen LogP) is 0.962. The largest absolute Gasteiger partial charge is 0.293 e. The van der Waals surface area contributed by atoms with Crippen LogP contribution in [0.15, 0.2) is 17.4 Å². The summed E-state index contributed by atoms with van der Waals surface area (Å²) in [6.07, 6.45) is 5.39. The van der Waals surface area contributed by atoms with Gasteiger partial charge in [-0.25, -0.2) is 4.99 Å². The first-order valence-electron chi connectivity index (χ1n) is 3.50. The molecule has 1 aliphatic rings. The molecular weight excluding hydrogens is 126 g/mol. The molecule has 0 aromatic heterocycles. The van der Waals surface area contributed by atoms with Gasteiger partial charge in [0.15, 0.2) is 0 Å². The first kappa shape index (κ1) is 7.12. The Morgan fingerprint density at radius 3 is 2.90 bits per heavy atom. The van der Waals surface area contributed by atoms with Crippen LogP contribution in [-0.4, -0.2) is 17.9 Å². The summed E-state index contributed by atoms with van der Waals surface area (Å²) in [4.78, 5) is 3.88. The number of hydrogen-bond donors (Lipinski definition) is 1. The lowest BCUT2D eigenvalue weighted by Crippen LogP contribution is -2.36. The zero-order chi connectivity index (χ0) is 7.40. The molecule has 56 valence electrons. The Kier molecular flexibility index (Phi) is 2.31. The Balaban J connectivity index is 2.30. The van der Waals surface area contributed by atoms with Crippen LogP contribution in [-0.2, 0) is 0 Å². The molecule has 3 nitrogen and oxygen atoms in total. The van der Waals surface area contributed by atoms with Gasteiger partial charge in [-0.2, -0.15) is 0 Å². The number of hydrazine groups is 1. The summed E-state index contributed by atoms with van der Waals surface area (Å²) in [5.74, 6) is 0.670. The van der Waals surface area contributed by atoms with E-state index in [1.807, 2.05) is 11.2 Å². The molecule has 10 heavy (non-hydrogen) atoms. The summed E-state index contributed by atoms with van der Waals surface area (Å²) < 4.78 is 0. The fraction of sp³-hybridized carbons (Fsp3) is 0.571.